The summed E-state index contributed by atoms with van der Waals surface area (Å²) in [6.45, 7) is 3.58. The zero-order chi connectivity index (χ0) is 12.3. The molecular weight excluding hydrogens is 220 g/mol. The van der Waals surface area contributed by atoms with Crippen LogP contribution in [0.25, 0.3) is 0 Å². The molecule has 0 radical (unpaired) electrons. The van der Waals surface area contributed by atoms with Crippen LogP contribution < -0.4 is 4.90 Å². The van der Waals surface area contributed by atoms with Crippen molar-refractivity contribution < 1.29 is 14.3 Å². The molecule has 1 aliphatic rings. The summed E-state index contributed by atoms with van der Waals surface area (Å²) in [5, 5.41) is 0. The molecule has 1 aliphatic heterocycles. The quantitative estimate of drug-likeness (QED) is 0.710. The summed E-state index contributed by atoms with van der Waals surface area (Å²) >= 11 is 0. The summed E-state index contributed by atoms with van der Waals surface area (Å²) in [7, 11) is 1.39. The lowest BCUT2D eigenvalue weighted by Crippen LogP contribution is -2.51. The van der Waals surface area contributed by atoms with Gasteiger partial charge in [-0.05, 0) is 18.6 Å². The molecule has 2 heterocycles. The first-order valence-corrected chi connectivity index (χ1v) is 5.58. The molecular formula is C12H16N2O3. The highest BCUT2D eigenvalue weighted by Crippen LogP contribution is 2.21. The van der Waals surface area contributed by atoms with Gasteiger partial charge < -0.3 is 14.4 Å². The number of hydrogen-bond donors (Lipinski definition) is 0. The average molecular weight is 236 g/mol. The number of ether oxygens (including phenoxy) is 2. The zero-order valence-electron chi connectivity index (χ0n) is 10.0. The van der Waals surface area contributed by atoms with Gasteiger partial charge in [-0.25, -0.2) is 9.78 Å². The lowest BCUT2D eigenvalue weighted by Gasteiger charge is -2.35. The molecule has 5 heteroatoms. The molecule has 1 fully saturated rings. The molecule has 17 heavy (non-hydrogen) atoms. The maximum atomic E-state index is 11.7. The van der Waals surface area contributed by atoms with Gasteiger partial charge in [-0.15, -0.1) is 0 Å². The van der Waals surface area contributed by atoms with Gasteiger partial charge in [0.2, 0.25) is 0 Å². The van der Waals surface area contributed by atoms with Crippen molar-refractivity contribution in [3.05, 3.63) is 23.9 Å². The normalized spacial score (nSPS) is 20.1. The van der Waals surface area contributed by atoms with E-state index in [2.05, 4.69) is 4.98 Å². The summed E-state index contributed by atoms with van der Waals surface area (Å²) in [6.07, 6.45) is 1.73. The topological polar surface area (TPSA) is 51.7 Å². The highest BCUT2D eigenvalue weighted by Gasteiger charge is 2.31. The number of rotatable bonds is 2. The minimum absolute atomic E-state index is 0.283. The third-order valence-corrected chi connectivity index (χ3v) is 2.86. The Morgan fingerprint density at radius 3 is 3.18 bits per heavy atom. The Kier molecular flexibility index (Phi) is 3.58. The smallest absolute Gasteiger partial charge is 0.330 e. The SMILES string of the molecule is COC(=O)C1COCCN1c1ncccc1C. The van der Waals surface area contributed by atoms with E-state index in [9.17, 15) is 4.79 Å². The van der Waals surface area contributed by atoms with E-state index < -0.39 is 6.04 Å². The van der Waals surface area contributed by atoms with Crippen LogP contribution in [0.3, 0.4) is 0 Å². The summed E-state index contributed by atoms with van der Waals surface area (Å²) in [4.78, 5) is 18.0. The van der Waals surface area contributed by atoms with E-state index >= 15 is 0 Å². The molecule has 92 valence electrons. The van der Waals surface area contributed by atoms with Gasteiger partial charge in [0.1, 0.15) is 5.82 Å². The predicted molar refractivity (Wildman–Crippen MR) is 62.9 cm³/mol. The van der Waals surface area contributed by atoms with E-state index in [0.29, 0.717) is 19.8 Å². The van der Waals surface area contributed by atoms with Gasteiger partial charge in [-0.3, -0.25) is 0 Å². The van der Waals surface area contributed by atoms with Crippen LogP contribution in [0.5, 0.6) is 0 Å². The second-order valence-corrected chi connectivity index (χ2v) is 3.95. The van der Waals surface area contributed by atoms with Crippen LogP contribution in [0.4, 0.5) is 5.82 Å². The molecule has 1 atom stereocenters. The van der Waals surface area contributed by atoms with Gasteiger partial charge in [-0.2, -0.15) is 0 Å². The summed E-state index contributed by atoms with van der Waals surface area (Å²) in [6, 6.07) is 3.46. The number of carbonyl (C=O) groups is 1. The molecule has 1 aromatic rings. The van der Waals surface area contributed by atoms with Crippen molar-refractivity contribution in [1.29, 1.82) is 0 Å². The van der Waals surface area contributed by atoms with Crippen LogP contribution in [0.15, 0.2) is 18.3 Å². The third kappa shape index (κ3) is 2.39. The highest BCUT2D eigenvalue weighted by atomic mass is 16.5. The number of anilines is 1. The zero-order valence-corrected chi connectivity index (χ0v) is 10.0. The molecule has 2 rings (SSSR count). The maximum absolute atomic E-state index is 11.7. The number of pyridine rings is 1. The Morgan fingerprint density at radius 1 is 1.65 bits per heavy atom. The van der Waals surface area contributed by atoms with Gasteiger partial charge in [0.15, 0.2) is 6.04 Å². The molecule has 1 saturated heterocycles. The molecule has 5 nitrogen and oxygen atoms in total. The first kappa shape index (κ1) is 11.9. The summed E-state index contributed by atoms with van der Waals surface area (Å²) < 4.78 is 10.1. The Hall–Kier alpha value is -1.62. The molecule has 0 aliphatic carbocycles. The minimum atomic E-state index is -0.401. The molecule has 0 amide bonds. The number of morpholine rings is 1. The maximum Gasteiger partial charge on any atom is 0.330 e. The van der Waals surface area contributed by atoms with Crippen molar-refractivity contribution in [2.75, 3.05) is 31.8 Å². The molecule has 0 saturated carbocycles. The number of hydrogen-bond acceptors (Lipinski definition) is 5. The van der Waals surface area contributed by atoms with E-state index in [1.54, 1.807) is 6.20 Å². The first-order chi connectivity index (χ1) is 8.24. The average Bonchev–Trinajstić information content (AvgIpc) is 2.38. The first-order valence-electron chi connectivity index (χ1n) is 5.58. The van der Waals surface area contributed by atoms with Crippen molar-refractivity contribution in [1.82, 2.24) is 4.98 Å². The van der Waals surface area contributed by atoms with Gasteiger partial charge in [-0.1, -0.05) is 6.07 Å². The predicted octanol–water partition coefficient (Wildman–Crippen LogP) is 0.768. The fourth-order valence-corrected chi connectivity index (χ4v) is 1.97. The lowest BCUT2D eigenvalue weighted by atomic mass is 10.2. The van der Waals surface area contributed by atoms with E-state index in [-0.39, 0.29) is 5.97 Å². The monoisotopic (exact) mass is 236 g/mol. The summed E-state index contributed by atoms with van der Waals surface area (Å²) in [5.74, 6) is 0.543. The van der Waals surface area contributed by atoms with Gasteiger partial charge in [0.05, 0.1) is 20.3 Å². The van der Waals surface area contributed by atoms with Crippen molar-refractivity contribution in [2.45, 2.75) is 13.0 Å². The number of aromatic nitrogens is 1. The number of aryl methyl sites for hydroxylation is 1. The van der Waals surface area contributed by atoms with Crippen molar-refractivity contribution in [2.24, 2.45) is 0 Å². The number of esters is 1. The third-order valence-electron chi connectivity index (χ3n) is 2.86. The van der Waals surface area contributed by atoms with Crippen LogP contribution in [-0.2, 0) is 14.3 Å². The number of carbonyl (C=O) groups excluding carboxylic acids is 1. The fraction of sp³-hybridized carbons (Fsp3) is 0.500. The molecule has 0 N–H and O–H groups in total. The van der Waals surface area contributed by atoms with E-state index in [1.807, 2.05) is 24.0 Å². The second kappa shape index (κ2) is 5.14. The second-order valence-electron chi connectivity index (χ2n) is 3.95. The van der Waals surface area contributed by atoms with Crippen LogP contribution in [0.2, 0.25) is 0 Å². The van der Waals surface area contributed by atoms with E-state index in [0.717, 1.165) is 11.4 Å². The number of methoxy groups -OCH3 is 1. The minimum Gasteiger partial charge on any atom is -0.467 e. The molecule has 1 unspecified atom stereocenters. The molecule has 0 aromatic carbocycles. The van der Waals surface area contributed by atoms with Crippen LogP contribution in [-0.4, -0.2) is 43.9 Å². The van der Waals surface area contributed by atoms with Crippen LogP contribution in [0.1, 0.15) is 5.56 Å². The van der Waals surface area contributed by atoms with Crippen molar-refractivity contribution in [3.63, 3.8) is 0 Å². The van der Waals surface area contributed by atoms with Crippen molar-refractivity contribution >= 4 is 11.8 Å². The molecule has 0 spiro atoms. The largest absolute Gasteiger partial charge is 0.467 e. The van der Waals surface area contributed by atoms with E-state index in [1.165, 1.54) is 7.11 Å². The van der Waals surface area contributed by atoms with Gasteiger partial charge in [0.25, 0.3) is 0 Å². The fourth-order valence-electron chi connectivity index (χ4n) is 1.97. The molecule has 0 bridgehead atoms. The Bertz CT molecular complexity index is 408. The van der Waals surface area contributed by atoms with Gasteiger partial charge in [0, 0.05) is 12.7 Å². The Morgan fingerprint density at radius 2 is 2.47 bits per heavy atom. The Labute approximate surface area is 100 Å². The molecule has 1 aromatic heterocycles. The number of nitrogens with zero attached hydrogens (tertiary/aromatic N) is 2. The lowest BCUT2D eigenvalue weighted by molar-refractivity contribution is -0.144. The van der Waals surface area contributed by atoms with Crippen LogP contribution in [0, 0.1) is 6.92 Å². The Balaban J connectivity index is 2.28. The summed E-state index contributed by atoms with van der Waals surface area (Å²) in [5.41, 5.74) is 1.04. The highest BCUT2D eigenvalue weighted by molar-refractivity contribution is 5.80. The van der Waals surface area contributed by atoms with E-state index in [4.69, 9.17) is 9.47 Å². The van der Waals surface area contributed by atoms with Crippen LogP contribution >= 0.6 is 0 Å². The van der Waals surface area contributed by atoms with Gasteiger partial charge >= 0.3 is 5.97 Å². The van der Waals surface area contributed by atoms with Crippen molar-refractivity contribution in [3.8, 4) is 0 Å². The standard InChI is InChI=1S/C12H16N2O3/c1-9-4-3-5-13-11(9)14-6-7-17-8-10(14)12(15)16-2/h3-5,10H,6-8H2,1-2H3.